The third kappa shape index (κ3) is 5.69. The van der Waals surface area contributed by atoms with Crippen molar-refractivity contribution >= 4 is 23.4 Å². The number of ether oxygens (including phenoxy) is 1. The molecule has 1 N–H and O–H groups in total. The van der Waals surface area contributed by atoms with E-state index in [9.17, 15) is 4.79 Å². The number of thioether (sulfide) groups is 1. The second kappa shape index (κ2) is 10.7. The van der Waals surface area contributed by atoms with Gasteiger partial charge in [0.05, 0.1) is 12.9 Å². The molecular weight excluding hydrogens is 422 g/mol. The Kier molecular flexibility index (Phi) is 7.44. The number of anilines is 1. The van der Waals surface area contributed by atoms with Gasteiger partial charge in [0, 0.05) is 17.9 Å². The van der Waals surface area contributed by atoms with E-state index in [0.717, 1.165) is 35.9 Å². The third-order valence-electron chi connectivity index (χ3n) is 5.61. The maximum Gasteiger partial charge on any atom is 0.234 e. The zero-order valence-corrected chi connectivity index (χ0v) is 19.4. The molecule has 3 aromatic rings. The van der Waals surface area contributed by atoms with Gasteiger partial charge in [-0.15, -0.1) is 10.2 Å². The Balaban J connectivity index is 1.30. The lowest BCUT2D eigenvalue weighted by atomic mass is 10.1. The van der Waals surface area contributed by atoms with Crippen LogP contribution in [0.25, 0.3) is 5.69 Å². The van der Waals surface area contributed by atoms with E-state index in [2.05, 4.69) is 32.5 Å². The molecule has 1 saturated heterocycles. The van der Waals surface area contributed by atoms with E-state index in [1.807, 2.05) is 47.9 Å². The van der Waals surface area contributed by atoms with Crippen molar-refractivity contribution in [3.05, 3.63) is 59.9 Å². The second-order valence-electron chi connectivity index (χ2n) is 7.90. The van der Waals surface area contributed by atoms with Crippen molar-refractivity contribution in [3.8, 4) is 11.4 Å². The number of nitrogens with one attached hydrogen (secondary N) is 1. The molecule has 0 radical (unpaired) electrons. The number of rotatable bonds is 9. The summed E-state index contributed by atoms with van der Waals surface area (Å²) in [6.45, 7) is 5.44. The van der Waals surface area contributed by atoms with Crippen LogP contribution in [-0.2, 0) is 11.2 Å². The fourth-order valence-corrected chi connectivity index (χ4v) is 4.64. The quantitative estimate of drug-likeness (QED) is 0.497. The molecule has 8 heteroatoms. The van der Waals surface area contributed by atoms with Gasteiger partial charge in [0.1, 0.15) is 11.6 Å². The van der Waals surface area contributed by atoms with Gasteiger partial charge in [0.25, 0.3) is 0 Å². The Morgan fingerprint density at radius 1 is 1.06 bits per heavy atom. The monoisotopic (exact) mass is 451 g/mol. The average molecular weight is 452 g/mol. The molecular formula is C24H29N5O2S. The van der Waals surface area contributed by atoms with E-state index in [1.54, 1.807) is 7.11 Å². The number of benzene rings is 2. The Morgan fingerprint density at radius 2 is 1.78 bits per heavy atom. The van der Waals surface area contributed by atoms with Crippen LogP contribution >= 0.6 is 11.8 Å². The number of hydrogen-bond donors (Lipinski definition) is 1. The first-order valence-corrected chi connectivity index (χ1v) is 11.9. The Morgan fingerprint density at radius 3 is 2.47 bits per heavy atom. The van der Waals surface area contributed by atoms with E-state index in [-0.39, 0.29) is 11.7 Å². The van der Waals surface area contributed by atoms with E-state index in [1.165, 1.54) is 43.3 Å². The van der Waals surface area contributed by atoms with Crippen molar-refractivity contribution in [2.24, 2.45) is 0 Å². The van der Waals surface area contributed by atoms with E-state index in [4.69, 9.17) is 4.74 Å². The molecule has 1 amide bonds. The maximum atomic E-state index is 12.5. The zero-order chi connectivity index (χ0) is 22.3. The summed E-state index contributed by atoms with van der Waals surface area (Å²) in [5.41, 5.74) is 3.04. The number of nitrogens with zero attached hydrogens (tertiary/aromatic N) is 4. The van der Waals surface area contributed by atoms with Gasteiger partial charge in [0.2, 0.25) is 5.91 Å². The minimum Gasteiger partial charge on any atom is -0.497 e. The number of methoxy groups -OCH3 is 1. The van der Waals surface area contributed by atoms with Gasteiger partial charge < -0.3 is 15.0 Å². The summed E-state index contributed by atoms with van der Waals surface area (Å²) in [6.07, 6.45) is 3.68. The summed E-state index contributed by atoms with van der Waals surface area (Å²) in [6, 6.07) is 15.8. The van der Waals surface area contributed by atoms with Gasteiger partial charge in [-0.05, 0) is 81.2 Å². The summed E-state index contributed by atoms with van der Waals surface area (Å²) >= 11 is 1.37. The fraction of sp³-hybridized carbons (Fsp3) is 0.375. The largest absolute Gasteiger partial charge is 0.497 e. The number of likely N-dealkylation sites (tertiary alicyclic amines) is 1. The van der Waals surface area contributed by atoms with Gasteiger partial charge in [-0.25, -0.2) is 0 Å². The molecule has 1 aromatic heterocycles. The van der Waals surface area contributed by atoms with Crippen molar-refractivity contribution in [1.29, 1.82) is 0 Å². The Bertz CT molecular complexity index is 1030. The SMILES string of the molecule is COc1ccc(-n2c(C)nnc2SCC(=O)Nc2ccc(CCN3CCCC3)cc2)cc1. The van der Waals surface area contributed by atoms with Crippen LogP contribution in [0.15, 0.2) is 53.7 Å². The minimum absolute atomic E-state index is 0.0678. The predicted octanol–water partition coefficient (Wildman–Crippen LogP) is 3.95. The van der Waals surface area contributed by atoms with Crippen LogP contribution in [0.2, 0.25) is 0 Å². The summed E-state index contributed by atoms with van der Waals surface area (Å²) < 4.78 is 7.16. The molecule has 0 spiro atoms. The highest BCUT2D eigenvalue weighted by atomic mass is 32.2. The number of hydrogen-bond acceptors (Lipinski definition) is 6. The molecule has 0 saturated carbocycles. The normalized spacial score (nSPS) is 13.9. The molecule has 1 aliphatic heterocycles. The minimum atomic E-state index is -0.0678. The number of aryl methyl sites for hydroxylation is 1. The predicted molar refractivity (Wildman–Crippen MR) is 128 cm³/mol. The molecule has 0 aliphatic carbocycles. The topological polar surface area (TPSA) is 72.3 Å². The third-order valence-corrected chi connectivity index (χ3v) is 6.54. The standard InChI is InChI=1S/C24H29N5O2S/c1-18-26-27-24(29(18)21-9-11-22(31-2)12-10-21)32-17-23(30)25-20-7-5-19(6-8-20)13-16-28-14-3-4-15-28/h5-12H,3-4,13-17H2,1-2H3,(H,25,30). The van der Waals surface area contributed by atoms with Crippen LogP contribution in [0.3, 0.4) is 0 Å². The summed E-state index contributed by atoms with van der Waals surface area (Å²) in [5.74, 6) is 1.74. The maximum absolute atomic E-state index is 12.5. The van der Waals surface area contributed by atoms with Gasteiger partial charge in [-0.2, -0.15) is 0 Å². The highest BCUT2D eigenvalue weighted by Crippen LogP contribution is 2.24. The fourth-order valence-electron chi connectivity index (χ4n) is 3.84. The lowest BCUT2D eigenvalue weighted by Crippen LogP contribution is -2.21. The smallest absolute Gasteiger partial charge is 0.234 e. The Hall–Kier alpha value is -2.84. The molecule has 0 bridgehead atoms. The van der Waals surface area contributed by atoms with Crippen molar-refractivity contribution < 1.29 is 9.53 Å². The zero-order valence-electron chi connectivity index (χ0n) is 18.6. The molecule has 7 nitrogen and oxygen atoms in total. The van der Waals surface area contributed by atoms with Crippen LogP contribution < -0.4 is 10.1 Å². The van der Waals surface area contributed by atoms with Crippen LogP contribution in [0.4, 0.5) is 5.69 Å². The lowest BCUT2D eigenvalue weighted by Gasteiger charge is -2.14. The van der Waals surface area contributed by atoms with Crippen LogP contribution in [-0.4, -0.2) is 58.1 Å². The molecule has 2 aromatic carbocycles. The van der Waals surface area contributed by atoms with Crippen molar-refractivity contribution in [2.75, 3.05) is 37.8 Å². The highest BCUT2D eigenvalue weighted by Gasteiger charge is 2.14. The van der Waals surface area contributed by atoms with Crippen molar-refractivity contribution in [2.45, 2.75) is 31.3 Å². The second-order valence-corrected chi connectivity index (χ2v) is 8.84. The van der Waals surface area contributed by atoms with E-state index in [0.29, 0.717) is 5.16 Å². The van der Waals surface area contributed by atoms with E-state index < -0.39 is 0 Å². The molecule has 1 fully saturated rings. The number of amides is 1. The number of aromatic nitrogens is 3. The van der Waals surface area contributed by atoms with Crippen LogP contribution in [0.1, 0.15) is 24.2 Å². The molecule has 32 heavy (non-hydrogen) atoms. The first-order chi connectivity index (χ1) is 15.6. The molecule has 168 valence electrons. The van der Waals surface area contributed by atoms with Gasteiger partial charge in [0.15, 0.2) is 5.16 Å². The van der Waals surface area contributed by atoms with Crippen molar-refractivity contribution in [1.82, 2.24) is 19.7 Å². The highest BCUT2D eigenvalue weighted by molar-refractivity contribution is 7.99. The summed E-state index contributed by atoms with van der Waals surface area (Å²) in [4.78, 5) is 15.0. The van der Waals surface area contributed by atoms with Crippen LogP contribution in [0.5, 0.6) is 5.75 Å². The average Bonchev–Trinajstić information content (AvgIpc) is 3.47. The van der Waals surface area contributed by atoms with Gasteiger partial charge in [-0.1, -0.05) is 23.9 Å². The number of carbonyl (C=O) groups is 1. The van der Waals surface area contributed by atoms with Gasteiger partial charge >= 0.3 is 0 Å². The summed E-state index contributed by atoms with van der Waals surface area (Å²) in [5, 5.41) is 12.1. The first kappa shape index (κ1) is 22.4. The molecule has 0 atom stereocenters. The Labute approximate surface area is 193 Å². The first-order valence-electron chi connectivity index (χ1n) is 10.9. The molecule has 1 aliphatic rings. The van der Waals surface area contributed by atoms with Gasteiger partial charge in [-0.3, -0.25) is 9.36 Å². The lowest BCUT2D eigenvalue weighted by molar-refractivity contribution is -0.113. The van der Waals surface area contributed by atoms with Crippen molar-refractivity contribution in [3.63, 3.8) is 0 Å². The molecule has 2 heterocycles. The molecule has 4 rings (SSSR count). The van der Waals surface area contributed by atoms with E-state index >= 15 is 0 Å². The number of carbonyl (C=O) groups excluding carboxylic acids is 1. The summed E-state index contributed by atoms with van der Waals surface area (Å²) in [7, 11) is 1.64. The molecule has 0 unspecified atom stereocenters. The van der Waals surface area contributed by atoms with Crippen LogP contribution in [0, 0.1) is 6.92 Å².